The lowest BCUT2D eigenvalue weighted by atomic mass is 10.1. The third-order valence-electron chi connectivity index (χ3n) is 11.1. The van der Waals surface area contributed by atoms with Crippen LogP contribution in [0.15, 0.2) is 170 Å². The minimum absolute atomic E-state index is 0.0401. The molecule has 0 rings (SSSR count). The van der Waals surface area contributed by atoms with Crippen LogP contribution >= 0.6 is 7.82 Å². The summed E-state index contributed by atoms with van der Waals surface area (Å²) < 4.78 is 39.3. The summed E-state index contributed by atoms with van der Waals surface area (Å²) in [4.78, 5) is 48.5. The molecule has 0 aliphatic heterocycles. The third kappa shape index (κ3) is 55.6. The highest BCUT2D eigenvalue weighted by molar-refractivity contribution is 7.47. The second kappa shape index (κ2) is 58.0. The molecule has 12 heteroatoms. The Hall–Kier alpha value is -5.16. The number of phosphoric acid groups is 1. The quantitative estimate of drug-likeness (QED) is 0.0197. The van der Waals surface area contributed by atoms with Crippen LogP contribution in [0.3, 0.4) is 0 Å². The lowest BCUT2D eigenvalue weighted by molar-refractivity contribution is -0.161. The number of aliphatic hydroxyl groups excluding tert-OH is 1. The molecule has 0 amide bonds. The smallest absolute Gasteiger partial charge is 0.462 e. The van der Waals surface area contributed by atoms with Crippen molar-refractivity contribution < 1.29 is 52.2 Å². The van der Waals surface area contributed by atoms with Crippen molar-refractivity contribution >= 4 is 25.7 Å². The summed E-state index contributed by atoms with van der Waals surface area (Å²) in [6.45, 7) is 4.08. The number of aliphatic hydroxyl groups is 1. The van der Waals surface area contributed by atoms with Gasteiger partial charge >= 0.3 is 25.7 Å². The van der Waals surface area contributed by atoms with E-state index in [9.17, 15) is 28.9 Å². The van der Waals surface area contributed by atoms with E-state index in [0.29, 0.717) is 19.3 Å². The van der Waals surface area contributed by atoms with Gasteiger partial charge in [-0.2, -0.15) is 0 Å². The first-order chi connectivity index (χ1) is 38.2. The van der Waals surface area contributed by atoms with E-state index in [0.717, 1.165) is 128 Å². The van der Waals surface area contributed by atoms with Crippen LogP contribution in [0, 0.1) is 0 Å². The number of phosphoric ester groups is 1. The van der Waals surface area contributed by atoms with E-state index < -0.39 is 64.4 Å². The van der Waals surface area contributed by atoms with Crippen LogP contribution in [0.4, 0.5) is 0 Å². The van der Waals surface area contributed by atoms with Gasteiger partial charge in [0.1, 0.15) is 12.7 Å². The largest absolute Gasteiger partial charge is 0.472 e. The molecule has 0 aromatic rings. The highest BCUT2D eigenvalue weighted by Crippen LogP contribution is 2.43. The molecular weight excluding hydrogens is 1000 g/mol. The molecule has 78 heavy (non-hydrogen) atoms. The Bertz CT molecular complexity index is 1960. The van der Waals surface area contributed by atoms with Crippen LogP contribution < -0.4 is 0 Å². The standard InChI is InChI=1S/C66H101O11P/c1-4-7-10-13-16-19-22-25-27-29-31-33-35-38-40-43-46-49-52-55-64(68)73-59-63(77-66(70)57-54-51-48-45-42-39-36-34-32-30-28-26-23-20-17-14-11-8-5-2)61-75-78(71,72)74-60-62(58-67)76-65(69)56-53-50-47-44-41-37-24-21-18-15-12-9-6-3/h7-12,16-21,25-28,31-34,37-38,40-41,46-47,49-50,62-63,67H,4-6,13-15,22-24,29-30,35-36,39,42-45,48,51-61H2,1-3H3,(H,71,72)/b10-7-,11-8-,12-9-,19-16-,20-17-,21-18-,27-25-,28-26-,33-31-,34-32-,40-38-,41-37-,49-46-,50-47-. The average Bonchev–Trinajstić information content (AvgIpc) is 3.43. The van der Waals surface area contributed by atoms with E-state index in [1.165, 1.54) is 0 Å². The molecule has 3 unspecified atom stereocenters. The average molecular weight is 1100 g/mol. The van der Waals surface area contributed by atoms with Gasteiger partial charge in [0.2, 0.25) is 0 Å². The molecule has 0 saturated carbocycles. The normalized spacial score (nSPS) is 14.6. The van der Waals surface area contributed by atoms with E-state index in [4.69, 9.17) is 23.3 Å². The Morgan fingerprint density at radius 2 is 0.654 bits per heavy atom. The number of unbranched alkanes of at least 4 members (excludes halogenated alkanes) is 6. The van der Waals surface area contributed by atoms with Gasteiger partial charge in [-0.25, -0.2) is 4.57 Å². The number of ether oxygens (including phenoxy) is 3. The van der Waals surface area contributed by atoms with Crippen molar-refractivity contribution in [3.8, 4) is 0 Å². The van der Waals surface area contributed by atoms with Crippen molar-refractivity contribution in [2.75, 3.05) is 26.4 Å². The molecule has 0 aliphatic carbocycles. The number of hydrogen-bond acceptors (Lipinski definition) is 10. The third-order valence-corrected chi connectivity index (χ3v) is 12.1. The van der Waals surface area contributed by atoms with Crippen LogP contribution in [0.1, 0.15) is 188 Å². The highest BCUT2D eigenvalue weighted by Gasteiger charge is 2.28. The van der Waals surface area contributed by atoms with Crippen molar-refractivity contribution in [2.24, 2.45) is 0 Å². The Labute approximate surface area is 472 Å². The summed E-state index contributed by atoms with van der Waals surface area (Å²) in [6.07, 6.45) is 77.7. The zero-order valence-corrected chi connectivity index (χ0v) is 48.9. The zero-order valence-electron chi connectivity index (χ0n) is 48.0. The molecule has 3 atom stereocenters. The second-order valence-electron chi connectivity index (χ2n) is 18.3. The summed E-state index contributed by atoms with van der Waals surface area (Å²) in [5.41, 5.74) is 0. The summed E-state index contributed by atoms with van der Waals surface area (Å²) in [6, 6.07) is 0. The van der Waals surface area contributed by atoms with E-state index in [-0.39, 0.29) is 19.3 Å². The predicted octanol–water partition coefficient (Wildman–Crippen LogP) is 17.5. The van der Waals surface area contributed by atoms with Crippen molar-refractivity contribution in [1.29, 1.82) is 0 Å². The Balaban J connectivity index is 4.95. The highest BCUT2D eigenvalue weighted by atomic mass is 31.2. The van der Waals surface area contributed by atoms with Crippen LogP contribution in [-0.2, 0) is 42.2 Å². The van der Waals surface area contributed by atoms with Gasteiger partial charge in [-0.05, 0) is 122 Å². The number of carbonyl (C=O) groups is 3. The van der Waals surface area contributed by atoms with Crippen molar-refractivity contribution in [1.82, 2.24) is 0 Å². The minimum atomic E-state index is -4.80. The van der Waals surface area contributed by atoms with Gasteiger partial charge in [-0.1, -0.05) is 217 Å². The molecule has 0 radical (unpaired) electrons. The van der Waals surface area contributed by atoms with E-state index in [2.05, 4.69) is 161 Å². The van der Waals surface area contributed by atoms with E-state index in [1.54, 1.807) is 0 Å². The molecule has 0 saturated heterocycles. The molecule has 0 spiro atoms. The summed E-state index contributed by atoms with van der Waals surface area (Å²) in [7, 11) is -4.80. The molecule has 436 valence electrons. The fourth-order valence-corrected chi connectivity index (χ4v) is 7.64. The van der Waals surface area contributed by atoms with Crippen LogP contribution in [0.5, 0.6) is 0 Å². The summed E-state index contributed by atoms with van der Waals surface area (Å²) in [5.74, 6) is -1.69. The lowest BCUT2D eigenvalue weighted by Gasteiger charge is -2.21. The molecular formula is C66H101O11P. The maximum absolute atomic E-state index is 12.9. The van der Waals surface area contributed by atoms with Gasteiger partial charge in [0, 0.05) is 19.3 Å². The van der Waals surface area contributed by atoms with Gasteiger partial charge in [0.05, 0.1) is 19.8 Å². The monoisotopic (exact) mass is 1100 g/mol. The maximum atomic E-state index is 12.9. The first-order valence-electron chi connectivity index (χ1n) is 29.0. The molecule has 0 bridgehead atoms. The predicted molar refractivity (Wildman–Crippen MR) is 325 cm³/mol. The number of allylic oxidation sites excluding steroid dienone is 28. The lowest BCUT2D eigenvalue weighted by Crippen LogP contribution is -2.30. The first kappa shape index (κ1) is 72.8. The van der Waals surface area contributed by atoms with Crippen molar-refractivity contribution in [3.05, 3.63) is 170 Å². The van der Waals surface area contributed by atoms with Crippen molar-refractivity contribution in [3.63, 3.8) is 0 Å². The molecule has 0 heterocycles. The van der Waals surface area contributed by atoms with Gasteiger partial charge < -0.3 is 24.2 Å². The number of carbonyl (C=O) groups excluding carboxylic acids is 3. The van der Waals surface area contributed by atoms with Gasteiger partial charge in [-0.15, -0.1) is 0 Å². The summed E-state index contributed by atoms with van der Waals surface area (Å²) in [5, 5.41) is 9.80. The Kier molecular flexibility index (Phi) is 54.2. The van der Waals surface area contributed by atoms with E-state index >= 15 is 0 Å². The maximum Gasteiger partial charge on any atom is 0.472 e. The van der Waals surface area contributed by atoms with Gasteiger partial charge in [-0.3, -0.25) is 23.4 Å². The molecule has 0 fully saturated rings. The fraction of sp³-hybridized carbons (Fsp3) is 0.530. The summed E-state index contributed by atoms with van der Waals surface area (Å²) >= 11 is 0. The van der Waals surface area contributed by atoms with Crippen molar-refractivity contribution in [2.45, 2.75) is 200 Å². The van der Waals surface area contributed by atoms with Crippen LogP contribution in [0.2, 0.25) is 0 Å². The van der Waals surface area contributed by atoms with Crippen LogP contribution in [0.25, 0.3) is 0 Å². The molecule has 0 aromatic heterocycles. The molecule has 2 N–H and O–H groups in total. The zero-order chi connectivity index (χ0) is 56.9. The molecule has 11 nitrogen and oxygen atoms in total. The number of hydrogen-bond donors (Lipinski definition) is 2. The van der Waals surface area contributed by atoms with E-state index in [1.807, 2.05) is 30.4 Å². The molecule has 0 aliphatic rings. The van der Waals surface area contributed by atoms with Gasteiger partial charge in [0.15, 0.2) is 6.10 Å². The number of esters is 3. The Morgan fingerprint density at radius 1 is 0.359 bits per heavy atom. The Morgan fingerprint density at radius 3 is 1.04 bits per heavy atom. The SMILES string of the molecule is CC/C=C\C/C=C\C/C=C\C/C=C\C/C=C\C/C=C\CCC(=O)OCC(COP(=O)(O)OCC(CO)OC(=O)CC/C=C\C/C=C\C/C=C\C/C=C\CC)OC(=O)CCCCCCCC/C=C\C/C=C\C/C=C\C/C=C\CC. The fourth-order valence-electron chi connectivity index (χ4n) is 6.86. The topological polar surface area (TPSA) is 155 Å². The van der Waals surface area contributed by atoms with Gasteiger partial charge in [0.25, 0.3) is 0 Å². The second-order valence-corrected chi connectivity index (χ2v) is 19.8. The van der Waals surface area contributed by atoms with Crippen LogP contribution in [-0.4, -0.2) is 66.5 Å². The molecule has 0 aromatic carbocycles. The number of rotatable bonds is 51. The first-order valence-corrected chi connectivity index (χ1v) is 30.5. The minimum Gasteiger partial charge on any atom is -0.462 e.